The molecule has 1 aliphatic rings. The second-order valence-corrected chi connectivity index (χ2v) is 5.80. The van der Waals surface area contributed by atoms with Crippen LogP contribution in [0.4, 0.5) is 0 Å². The first kappa shape index (κ1) is 12.9. The van der Waals surface area contributed by atoms with Gasteiger partial charge in [0, 0.05) is 26.9 Å². The molecule has 1 fully saturated rings. The van der Waals surface area contributed by atoms with Crippen molar-refractivity contribution in [1.82, 2.24) is 4.72 Å². The molecular weight excluding hydrogens is 218 g/mol. The van der Waals surface area contributed by atoms with E-state index in [4.69, 9.17) is 9.47 Å². The summed E-state index contributed by atoms with van der Waals surface area (Å²) in [6, 6.07) is 0. The monoisotopic (exact) mass is 237 g/mol. The summed E-state index contributed by atoms with van der Waals surface area (Å²) in [6.45, 7) is 3.22. The molecule has 15 heavy (non-hydrogen) atoms. The third-order valence-electron chi connectivity index (χ3n) is 2.58. The number of hydrogen-bond acceptors (Lipinski definition) is 4. The molecule has 1 heterocycles. The second-order valence-electron chi connectivity index (χ2n) is 3.75. The van der Waals surface area contributed by atoms with Gasteiger partial charge in [-0.1, -0.05) is 0 Å². The first-order chi connectivity index (χ1) is 7.06. The summed E-state index contributed by atoms with van der Waals surface area (Å²) in [6.07, 6.45) is 1.06. The third kappa shape index (κ3) is 4.06. The topological polar surface area (TPSA) is 64.6 Å². The van der Waals surface area contributed by atoms with Gasteiger partial charge in [0.15, 0.2) is 0 Å². The number of ether oxygens (including phenoxy) is 2. The van der Waals surface area contributed by atoms with Gasteiger partial charge in [0.05, 0.1) is 11.4 Å². The van der Waals surface area contributed by atoms with Gasteiger partial charge in [0.25, 0.3) is 0 Å². The highest BCUT2D eigenvalue weighted by molar-refractivity contribution is 7.90. The number of rotatable bonds is 5. The normalized spacial score (nSPS) is 21.5. The molecule has 1 unspecified atom stereocenters. The molecule has 0 aromatic rings. The van der Waals surface area contributed by atoms with Crippen molar-refractivity contribution < 1.29 is 17.9 Å². The van der Waals surface area contributed by atoms with Crippen LogP contribution in [0.25, 0.3) is 0 Å². The predicted molar refractivity (Wildman–Crippen MR) is 57.2 cm³/mol. The summed E-state index contributed by atoms with van der Waals surface area (Å²) in [5.41, 5.74) is 0. The number of methoxy groups -OCH3 is 1. The lowest BCUT2D eigenvalue weighted by molar-refractivity contribution is 0.0976. The van der Waals surface area contributed by atoms with Crippen molar-refractivity contribution in [3.05, 3.63) is 0 Å². The summed E-state index contributed by atoms with van der Waals surface area (Å²) in [7, 11) is -1.64. The van der Waals surface area contributed by atoms with E-state index in [1.807, 2.05) is 6.92 Å². The van der Waals surface area contributed by atoms with Crippen LogP contribution < -0.4 is 4.72 Å². The van der Waals surface area contributed by atoms with Crippen LogP contribution in [0.3, 0.4) is 0 Å². The van der Waals surface area contributed by atoms with Crippen LogP contribution in [0.2, 0.25) is 0 Å². The standard InChI is InChI=1S/C9H19NO4S/c1-8(13-2)7-10-15(11,12)9-3-5-14-6-4-9/h8-10H,3-7H2,1-2H3. The molecule has 1 aliphatic heterocycles. The summed E-state index contributed by atoms with van der Waals surface area (Å²) in [5, 5.41) is -0.310. The van der Waals surface area contributed by atoms with Gasteiger partial charge in [-0.3, -0.25) is 0 Å². The van der Waals surface area contributed by atoms with Crippen molar-refractivity contribution in [1.29, 1.82) is 0 Å². The zero-order valence-corrected chi connectivity index (χ0v) is 10.0. The number of nitrogens with one attached hydrogen (secondary N) is 1. The van der Waals surface area contributed by atoms with Crippen molar-refractivity contribution in [2.24, 2.45) is 0 Å². The van der Waals surface area contributed by atoms with E-state index in [2.05, 4.69) is 4.72 Å². The molecule has 1 rings (SSSR count). The minimum absolute atomic E-state index is 0.0976. The predicted octanol–water partition coefficient (Wildman–Crippen LogP) is 0.120. The lowest BCUT2D eigenvalue weighted by Crippen LogP contribution is -2.40. The summed E-state index contributed by atoms with van der Waals surface area (Å²) in [4.78, 5) is 0. The van der Waals surface area contributed by atoms with Crippen molar-refractivity contribution >= 4 is 10.0 Å². The van der Waals surface area contributed by atoms with Gasteiger partial charge in [-0.25, -0.2) is 13.1 Å². The largest absolute Gasteiger partial charge is 0.381 e. The van der Waals surface area contributed by atoms with Crippen molar-refractivity contribution in [3.63, 3.8) is 0 Å². The van der Waals surface area contributed by atoms with Crippen LogP contribution in [0.5, 0.6) is 0 Å². The Morgan fingerprint density at radius 2 is 2.07 bits per heavy atom. The number of hydrogen-bond donors (Lipinski definition) is 1. The van der Waals surface area contributed by atoms with E-state index in [1.165, 1.54) is 0 Å². The first-order valence-electron chi connectivity index (χ1n) is 5.15. The summed E-state index contributed by atoms with van der Waals surface area (Å²) < 4.78 is 36.2. The van der Waals surface area contributed by atoms with Crippen molar-refractivity contribution in [2.45, 2.75) is 31.1 Å². The van der Waals surface area contributed by atoms with Crippen molar-refractivity contribution in [3.8, 4) is 0 Å². The molecule has 0 amide bonds. The Balaban J connectivity index is 2.43. The quantitative estimate of drug-likeness (QED) is 0.737. The number of sulfonamides is 1. The fraction of sp³-hybridized carbons (Fsp3) is 1.00. The Kier molecular flexibility index (Phi) is 4.98. The van der Waals surface area contributed by atoms with Crippen LogP contribution in [-0.2, 0) is 19.5 Å². The second kappa shape index (κ2) is 5.79. The van der Waals surface area contributed by atoms with Gasteiger partial charge < -0.3 is 9.47 Å². The van der Waals surface area contributed by atoms with E-state index in [0.717, 1.165) is 0 Å². The Bertz CT molecular complexity index is 272. The zero-order chi connectivity index (χ0) is 11.3. The molecule has 1 atom stereocenters. The molecule has 0 radical (unpaired) electrons. The fourth-order valence-electron chi connectivity index (χ4n) is 1.42. The highest BCUT2D eigenvalue weighted by Crippen LogP contribution is 2.14. The first-order valence-corrected chi connectivity index (χ1v) is 6.70. The maximum Gasteiger partial charge on any atom is 0.214 e. The van der Waals surface area contributed by atoms with E-state index in [9.17, 15) is 8.42 Å². The zero-order valence-electron chi connectivity index (χ0n) is 9.23. The Morgan fingerprint density at radius 3 is 2.60 bits per heavy atom. The molecule has 6 heteroatoms. The lowest BCUT2D eigenvalue weighted by Gasteiger charge is -2.23. The lowest BCUT2D eigenvalue weighted by atomic mass is 10.2. The van der Waals surface area contributed by atoms with E-state index in [0.29, 0.717) is 32.6 Å². The minimum Gasteiger partial charge on any atom is -0.381 e. The maximum atomic E-state index is 11.8. The molecule has 1 N–H and O–H groups in total. The van der Waals surface area contributed by atoms with Gasteiger partial charge in [-0.15, -0.1) is 0 Å². The minimum atomic E-state index is -3.20. The van der Waals surface area contributed by atoms with Gasteiger partial charge >= 0.3 is 0 Å². The van der Waals surface area contributed by atoms with E-state index >= 15 is 0 Å². The molecule has 1 saturated heterocycles. The molecule has 0 saturated carbocycles. The third-order valence-corrected chi connectivity index (χ3v) is 4.50. The summed E-state index contributed by atoms with van der Waals surface area (Å²) >= 11 is 0. The SMILES string of the molecule is COC(C)CNS(=O)(=O)C1CCOCC1. The molecule has 0 spiro atoms. The van der Waals surface area contributed by atoms with Crippen LogP contribution in [0.15, 0.2) is 0 Å². The van der Waals surface area contributed by atoms with E-state index in [-0.39, 0.29) is 11.4 Å². The average molecular weight is 237 g/mol. The summed E-state index contributed by atoms with van der Waals surface area (Å²) in [5.74, 6) is 0. The highest BCUT2D eigenvalue weighted by Gasteiger charge is 2.27. The molecule has 5 nitrogen and oxygen atoms in total. The van der Waals surface area contributed by atoms with E-state index < -0.39 is 10.0 Å². The van der Waals surface area contributed by atoms with Crippen LogP contribution in [0, 0.1) is 0 Å². The average Bonchev–Trinajstić information content (AvgIpc) is 2.27. The molecule has 0 aromatic carbocycles. The highest BCUT2D eigenvalue weighted by atomic mass is 32.2. The van der Waals surface area contributed by atoms with Gasteiger partial charge in [0.2, 0.25) is 10.0 Å². The maximum absolute atomic E-state index is 11.8. The van der Waals surface area contributed by atoms with Gasteiger partial charge in [-0.05, 0) is 19.8 Å². The Hall–Kier alpha value is -0.170. The van der Waals surface area contributed by atoms with Crippen molar-refractivity contribution in [2.75, 3.05) is 26.9 Å². The Morgan fingerprint density at radius 1 is 1.47 bits per heavy atom. The van der Waals surface area contributed by atoms with Crippen LogP contribution in [0.1, 0.15) is 19.8 Å². The molecule has 0 aliphatic carbocycles. The van der Waals surface area contributed by atoms with Crippen LogP contribution >= 0.6 is 0 Å². The smallest absolute Gasteiger partial charge is 0.214 e. The fourth-order valence-corrected chi connectivity index (χ4v) is 2.94. The Labute approximate surface area is 91.2 Å². The van der Waals surface area contributed by atoms with Gasteiger partial charge in [0.1, 0.15) is 0 Å². The molecule has 90 valence electrons. The molecule has 0 aromatic heterocycles. The van der Waals surface area contributed by atoms with Gasteiger partial charge in [-0.2, -0.15) is 0 Å². The molecule has 0 bridgehead atoms. The molecular formula is C9H19NO4S. The van der Waals surface area contributed by atoms with E-state index in [1.54, 1.807) is 7.11 Å². The van der Waals surface area contributed by atoms with Crippen LogP contribution in [-0.4, -0.2) is 46.6 Å².